The third-order valence-corrected chi connectivity index (χ3v) is 3.11. The van der Waals surface area contributed by atoms with Gasteiger partial charge in [0, 0.05) is 6.42 Å². The van der Waals surface area contributed by atoms with E-state index in [9.17, 15) is 14.4 Å². The molecule has 1 aliphatic rings. The summed E-state index contributed by atoms with van der Waals surface area (Å²) in [4.78, 5) is 40.3. The van der Waals surface area contributed by atoms with Crippen LogP contribution in [0.4, 0.5) is 0 Å². The van der Waals surface area contributed by atoms with Crippen LogP contribution in [0, 0.1) is 0 Å². The Labute approximate surface area is 109 Å². The molecule has 1 aromatic heterocycles. The van der Waals surface area contributed by atoms with Gasteiger partial charge in [-0.05, 0) is 13.8 Å². The molecule has 1 fully saturated rings. The van der Waals surface area contributed by atoms with E-state index in [1.807, 2.05) is 0 Å². The molecule has 8 nitrogen and oxygen atoms in total. The van der Waals surface area contributed by atoms with Crippen LogP contribution in [0.5, 0.6) is 0 Å². The van der Waals surface area contributed by atoms with Gasteiger partial charge < -0.3 is 4.90 Å². The fourth-order valence-corrected chi connectivity index (χ4v) is 1.88. The van der Waals surface area contributed by atoms with Crippen molar-refractivity contribution in [2.75, 3.05) is 6.54 Å². The molecule has 2 rings (SSSR count). The van der Waals surface area contributed by atoms with Crippen LogP contribution in [0.15, 0.2) is 12.7 Å². The van der Waals surface area contributed by atoms with Crippen molar-refractivity contribution in [1.82, 2.24) is 25.0 Å². The average Bonchev–Trinajstić information content (AvgIpc) is 2.84. The molecular formula is C11H15N5O3. The highest BCUT2D eigenvalue weighted by Crippen LogP contribution is 2.19. The minimum absolute atomic E-state index is 0.102. The number of aromatic nitrogens is 3. The maximum Gasteiger partial charge on any atom is 0.252 e. The summed E-state index contributed by atoms with van der Waals surface area (Å²) in [6.45, 7) is 3.49. The standard InChI is InChI=1S/C11H15N5O3/c1-11(2)10(19)14-8(17)5-16(11)9(18)3-4-15-7-12-6-13-15/h6-7H,3-5H2,1-2H3,(H,14,17,19). The van der Waals surface area contributed by atoms with Crippen molar-refractivity contribution < 1.29 is 14.4 Å². The van der Waals surface area contributed by atoms with Crippen LogP contribution in [0.3, 0.4) is 0 Å². The summed E-state index contributed by atoms with van der Waals surface area (Å²) < 4.78 is 1.52. The summed E-state index contributed by atoms with van der Waals surface area (Å²) in [5, 5.41) is 6.11. The molecule has 3 amide bonds. The van der Waals surface area contributed by atoms with E-state index >= 15 is 0 Å². The lowest BCUT2D eigenvalue weighted by Crippen LogP contribution is -2.65. The number of amides is 3. The van der Waals surface area contributed by atoms with Crippen LogP contribution < -0.4 is 5.32 Å². The number of carbonyl (C=O) groups is 3. The summed E-state index contributed by atoms with van der Waals surface area (Å²) in [6, 6.07) is 0. The number of nitrogens with zero attached hydrogens (tertiary/aromatic N) is 4. The topological polar surface area (TPSA) is 97.2 Å². The second-order valence-corrected chi connectivity index (χ2v) is 4.82. The fourth-order valence-electron chi connectivity index (χ4n) is 1.88. The van der Waals surface area contributed by atoms with Gasteiger partial charge in [-0.3, -0.25) is 24.4 Å². The van der Waals surface area contributed by atoms with Crippen molar-refractivity contribution >= 4 is 17.7 Å². The second-order valence-electron chi connectivity index (χ2n) is 4.82. The average molecular weight is 265 g/mol. The third kappa shape index (κ3) is 2.61. The normalized spacial score (nSPS) is 18.3. The smallest absolute Gasteiger partial charge is 0.252 e. The molecule has 1 aliphatic heterocycles. The predicted molar refractivity (Wildman–Crippen MR) is 63.6 cm³/mol. The molecule has 0 aliphatic carbocycles. The monoisotopic (exact) mass is 265 g/mol. The highest BCUT2D eigenvalue weighted by atomic mass is 16.2. The largest absolute Gasteiger partial charge is 0.319 e. The van der Waals surface area contributed by atoms with Crippen LogP contribution in [0.1, 0.15) is 20.3 Å². The van der Waals surface area contributed by atoms with E-state index in [1.54, 1.807) is 13.8 Å². The summed E-state index contributed by atoms with van der Waals surface area (Å²) in [6.07, 6.45) is 3.05. The second kappa shape index (κ2) is 4.79. The van der Waals surface area contributed by atoms with Crippen LogP contribution in [0.25, 0.3) is 0 Å². The SMILES string of the molecule is CC1(C)C(=O)NC(=O)CN1C(=O)CCn1cncn1. The molecule has 0 spiro atoms. The first-order chi connectivity index (χ1) is 8.91. The number of piperazine rings is 1. The summed E-state index contributed by atoms with van der Waals surface area (Å²) in [7, 11) is 0. The first-order valence-corrected chi connectivity index (χ1v) is 5.88. The zero-order chi connectivity index (χ0) is 14.0. The Morgan fingerprint density at radius 2 is 2.21 bits per heavy atom. The van der Waals surface area contributed by atoms with Crippen LogP contribution in [0.2, 0.25) is 0 Å². The quantitative estimate of drug-likeness (QED) is 0.702. The maximum absolute atomic E-state index is 12.1. The van der Waals surface area contributed by atoms with Gasteiger partial charge in [0.2, 0.25) is 11.8 Å². The van der Waals surface area contributed by atoms with Gasteiger partial charge in [0.1, 0.15) is 24.7 Å². The first kappa shape index (κ1) is 13.2. The van der Waals surface area contributed by atoms with Crippen molar-refractivity contribution in [1.29, 1.82) is 0 Å². The summed E-state index contributed by atoms with van der Waals surface area (Å²) in [5.41, 5.74) is -1.02. The lowest BCUT2D eigenvalue weighted by atomic mass is 9.98. The Bertz CT molecular complexity index is 508. The van der Waals surface area contributed by atoms with Crippen molar-refractivity contribution in [2.45, 2.75) is 32.4 Å². The Morgan fingerprint density at radius 3 is 2.84 bits per heavy atom. The van der Waals surface area contributed by atoms with Gasteiger partial charge in [-0.25, -0.2) is 4.98 Å². The Morgan fingerprint density at radius 1 is 1.47 bits per heavy atom. The van der Waals surface area contributed by atoms with E-state index in [4.69, 9.17) is 0 Å². The van der Waals surface area contributed by atoms with Crippen LogP contribution in [-0.4, -0.2) is 49.5 Å². The molecule has 8 heteroatoms. The number of carbonyl (C=O) groups excluding carboxylic acids is 3. The molecule has 102 valence electrons. The van der Waals surface area contributed by atoms with Gasteiger partial charge in [-0.15, -0.1) is 0 Å². The lowest BCUT2D eigenvalue weighted by molar-refractivity contribution is -0.155. The molecule has 0 atom stereocenters. The van der Waals surface area contributed by atoms with E-state index in [0.717, 1.165) is 0 Å². The van der Waals surface area contributed by atoms with Crippen molar-refractivity contribution in [2.24, 2.45) is 0 Å². The fraction of sp³-hybridized carbons (Fsp3) is 0.545. The minimum Gasteiger partial charge on any atom is -0.319 e. The van der Waals surface area contributed by atoms with Gasteiger partial charge in [-0.1, -0.05) is 0 Å². The molecule has 1 aromatic rings. The maximum atomic E-state index is 12.1. The van der Waals surface area contributed by atoms with Gasteiger partial charge in [0.15, 0.2) is 0 Å². The van der Waals surface area contributed by atoms with E-state index in [1.165, 1.54) is 22.2 Å². The predicted octanol–water partition coefficient (Wildman–Crippen LogP) is -1.07. The van der Waals surface area contributed by atoms with Gasteiger partial charge >= 0.3 is 0 Å². The molecule has 0 unspecified atom stereocenters. The lowest BCUT2D eigenvalue weighted by Gasteiger charge is -2.40. The zero-order valence-corrected chi connectivity index (χ0v) is 10.8. The molecule has 0 bridgehead atoms. The van der Waals surface area contributed by atoms with Crippen molar-refractivity contribution in [3.05, 3.63) is 12.7 Å². The van der Waals surface area contributed by atoms with Gasteiger partial charge in [0.25, 0.3) is 5.91 Å². The molecule has 1 saturated heterocycles. The number of aryl methyl sites for hydroxylation is 1. The molecule has 0 saturated carbocycles. The minimum atomic E-state index is -1.02. The number of rotatable bonds is 3. The van der Waals surface area contributed by atoms with E-state index in [2.05, 4.69) is 15.4 Å². The Balaban J connectivity index is 2.04. The summed E-state index contributed by atoms with van der Waals surface area (Å²) in [5.74, 6) is -1.18. The van der Waals surface area contributed by atoms with E-state index in [0.29, 0.717) is 6.54 Å². The number of hydrogen-bond donors (Lipinski definition) is 1. The first-order valence-electron chi connectivity index (χ1n) is 5.88. The molecule has 0 aromatic carbocycles. The van der Waals surface area contributed by atoms with Crippen molar-refractivity contribution in [3.8, 4) is 0 Å². The highest BCUT2D eigenvalue weighted by Gasteiger charge is 2.43. The van der Waals surface area contributed by atoms with E-state index < -0.39 is 17.4 Å². The van der Waals surface area contributed by atoms with Crippen LogP contribution >= 0.6 is 0 Å². The number of hydrogen-bond acceptors (Lipinski definition) is 5. The molecular weight excluding hydrogens is 250 g/mol. The van der Waals surface area contributed by atoms with E-state index in [-0.39, 0.29) is 18.9 Å². The molecule has 1 N–H and O–H groups in total. The van der Waals surface area contributed by atoms with Gasteiger partial charge in [-0.2, -0.15) is 5.10 Å². The number of imide groups is 1. The van der Waals surface area contributed by atoms with Crippen molar-refractivity contribution in [3.63, 3.8) is 0 Å². The Kier molecular flexibility index (Phi) is 3.32. The Hall–Kier alpha value is -2.25. The van der Waals surface area contributed by atoms with Crippen LogP contribution in [-0.2, 0) is 20.9 Å². The zero-order valence-electron chi connectivity index (χ0n) is 10.8. The number of nitrogens with one attached hydrogen (secondary N) is 1. The third-order valence-electron chi connectivity index (χ3n) is 3.11. The molecule has 19 heavy (non-hydrogen) atoms. The highest BCUT2D eigenvalue weighted by molar-refractivity contribution is 6.06. The van der Waals surface area contributed by atoms with Gasteiger partial charge in [0.05, 0.1) is 6.54 Å². The summed E-state index contributed by atoms with van der Waals surface area (Å²) >= 11 is 0. The molecule has 2 heterocycles. The molecule has 0 radical (unpaired) electrons.